The highest BCUT2D eigenvalue weighted by Crippen LogP contribution is 2.34. The van der Waals surface area contributed by atoms with E-state index in [0.29, 0.717) is 24.2 Å². The summed E-state index contributed by atoms with van der Waals surface area (Å²) in [6, 6.07) is 8.09. The molecule has 2 atom stereocenters. The first-order valence-electron chi connectivity index (χ1n) is 12.0. The SMILES string of the molecule is CCOC(C[C@H](N)c1cc(-c2c(C)cc(CN3CC(C)C3)cc2C)cc(C)c1F)N1CC1. The van der Waals surface area contributed by atoms with Gasteiger partial charge in [-0.25, -0.2) is 4.39 Å². The van der Waals surface area contributed by atoms with Gasteiger partial charge in [0, 0.05) is 57.4 Å². The smallest absolute Gasteiger partial charge is 0.130 e. The van der Waals surface area contributed by atoms with E-state index in [4.69, 9.17) is 10.5 Å². The Kier molecular flexibility index (Phi) is 7.01. The first-order chi connectivity index (χ1) is 15.3. The van der Waals surface area contributed by atoms with E-state index in [1.165, 1.54) is 35.3 Å². The second-order valence-corrected chi connectivity index (χ2v) is 9.89. The van der Waals surface area contributed by atoms with Crippen LogP contribution >= 0.6 is 0 Å². The highest BCUT2D eigenvalue weighted by Gasteiger charge is 2.31. The number of rotatable bonds is 9. The predicted octanol–water partition coefficient (Wildman–Crippen LogP) is 4.94. The van der Waals surface area contributed by atoms with Crippen LogP contribution in [-0.2, 0) is 11.3 Å². The number of benzene rings is 2. The van der Waals surface area contributed by atoms with Crippen LogP contribution in [0.3, 0.4) is 0 Å². The Hall–Kier alpha value is -1.79. The van der Waals surface area contributed by atoms with Crippen LogP contribution in [0.2, 0.25) is 0 Å². The topological polar surface area (TPSA) is 41.5 Å². The zero-order valence-corrected chi connectivity index (χ0v) is 20.2. The summed E-state index contributed by atoms with van der Waals surface area (Å²) in [5.74, 6) is 0.612. The van der Waals surface area contributed by atoms with E-state index in [2.05, 4.69) is 42.7 Å². The standard InChI is InChI=1S/C27H38FN3O/c1-6-32-25(31-7-8-31)13-24(29)23-12-22(11-20(5)27(23)28)26-18(3)9-21(10-19(26)4)16-30-14-17(2)15-30/h9-12,17,24-25H,6-8,13-16,29H2,1-5H3/t24-,25?/m0/s1. The summed E-state index contributed by atoms with van der Waals surface area (Å²) in [6.07, 6.45) is 0.559. The lowest BCUT2D eigenvalue weighted by atomic mass is 9.89. The van der Waals surface area contributed by atoms with Crippen LogP contribution in [0, 0.1) is 32.5 Å². The lowest BCUT2D eigenvalue weighted by molar-refractivity contribution is -0.0122. The zero-order valence-electron chi connectivity index (χ0n) is 20.2. The molecule has 0 spiro atoms. The van der Waals surface area contributed by atoms with E-state index in [0.717, 1.165) is 31.1 Å². The van der Waals surface area contributed by atoms with Crippen molar-refractivity contribution < 1.29 is 9.13 Å². The van der Waals surface area contributed by atoms with Crippen LogP contribution in [-0.4, -0.2) is 48.8 Å². The molecule has 2 N–H and O–H groups in total. The molecule has 2 saturated heterocycles. The molecule has 1 unspecified atom stereocenters. The molecule has 2 heterocycles. The summed E-state index contributed by atoms with van der Waals surface area (Å²) in [6.45, 7) is 16.5. The molecule has 2 aliphatic rings. The van der Waals surface area contributed by atoms with Crippen LogP contribution in [0.15, 0.2) is 24.3 Å². The molecule has 0 radical (unpaired) electrons. The largest absolute Gasteiger partial charge is 0.363 e. The molecule has 174 valence electrons. The minimum absolute atomic E-state index is 0.0367. The summed E-state index contributed by atoms with van der Waals surface area (Å²) in [5, 5.41) is 0. The Bertz CT molecular complexity index is 943. The quantitative estimate of drug-likeness (QED) is 0.562. The molecular weight excluding hydrogens is 401 g/mol. The Morgan fingerprint density at radius 3 is 2.28 bits per heavy atom. The summed E-state index contributed by atoms with van der Waals surface area (Å²) < 4.78 is 21.0. The molecule has 5 heteroatoms. The zero-order chi connectivity index (χ0) is 23.0. The van der Waals surface area contributed by atoms with Gasteiger partial charge in [0.2, 0.25) is 0 Å². The third-order valence-electron chi connectivity index (χ3n) is 6.81. The fraction of sp³-hybridized carbons (Fsp3) is 0.556. The van der Waals surface area contributed by atoms with Crippen LogP contribution in [0.4, 0.5) is 4.39 Å². The van der Waals surface area contributed by atoms with Crippen molar-refractivity contribution in [3.63, 3.8) is 0 Å². The average molecular weight is 440 g/mol. The number of halogens is 1. The molecular formula is C27H38FN3O. The maximum atomic E-state index is 15.1. The van der Waals surface area contributed by atoms with Gasteiger partial charge in [0.15, 0.2) is 0 Å². The van der Waals surface area contributed by atoms with Gasteiger partial charge in [-0.2, -0.15) is 0 Å². The Labute approximate surface area is 192 Å². The third-order valence-corrected chi connectivity index (χ3v) is 6.81. The summed E-state index contributed by atoms with van der Waals surface area (Å²) in [7, 11) is 0. The van der Waals surface area contributed by atoms with E-state index in [1.807, 2.05) is 26.0 Å². The van der Waals surface area contributed by atoms with Gasteiger partial charge in [0.05, 0.1) is 0 Å². The molecule has 0 saturated carbocycles. The molecule has 4 rings (SSSR count). The van der Waals surface area contributed by atoms with Crippen molar-refractivity contribution in [2.45, 2.75) is 59.9 Å². The van der Waals surface area contributed by atoms with Gasteiger partial charge < -0.3 is 10.5 Å². The van der Waals surface area contributed by atoms with Crippen LogP contribution < -0.4 is 5.73 Å². The van der Waals surface area contributed by atoms with Crippen LogP contribution in [0.25, 0.3) is 11.1 Å². The predicted molar refractivity (Wildman–Crippen MR) is 129 cm³/mol. The van der Waals surface area contributed by atoms with Gasteiger partial charge in [0.1, 0.15) is 12.0 Å². The highest BCUT2D eigenvalue weighted by atomic mass is 19.1. The molecule has 0 aromatic heterocycles. The third kappa shape index (κ3) is 5.07. The van der Waals surface area contributed by atoms with Gasteiger partial charge in [-0.05, 0) is 79.1 Å². The highest BCUT2D eigenvalue weighted by molar-refractivity contribution is 5.72. The number of nitrogens with two attached hydrogens (primary N) is 1. The van der Waals surface area contributed by atoms with Crippen molar-refractivity contribution in [2.75, 3.05) is 32.8 Å². The van der Waals surface area contributed by atoms with Crippen molar-refractivity contribution in [3.8, 4) is 11.1 Å². The number of likely N-dealkylation sites (tertiary alicyclic amines) is 1. The van der Waals surface area contributed by atoms with Gasteiger partial charge in [-0.3, -0.25) is 9.80 Å². The maximum Gasteiger partial charge on any atom is 0.130 e. The minimum Gasteiger partial charge on any atom is -0.363 e. The number of hydrogen-bond donors (Lipinski definition) is 1. The molecule has 2 aromatic carbocycles. The van der Waals surface area contributed by atoms with Gasteiger partial charge in [-0.15, -0.1) is 0 Å². The van der Waals surface area contributed by atoms with E-state index < -0.39 is 6.04 Å². The number of ether oxygens (including phenoxy) is 1. The van der Waals surface area contributed by atoms with Crippen molar-refractivity contribution in [3.05, 3.63) is 57.9 Å². The average Bonchev–Trinajstić information content (AvgIpc) is 3.53. The molecule has 2 aliphatic heterocycles. The molecule has 32 heavy (non-hydrogen) atoms. The fourth-order valence-corrected chi connectivity index (χ4v) is 5.23. The Balaban J connectivity index is 1.60. The van der Waals surface area contributed by atoms with Crippen LogP contribution in [0.1, 0.15) is 54.1 Å². The van der Waals surface area contributed by atoms with E-state index in [1.54, 1.807) is 0 Å². The maximum absolute atomic E-state index is 15.1. The summed E-state index contributed by atoms with van der Waals surface area (Å²) in [4.78, 5) is 4.73. The normalized spacial score (nSPS) is 19.1. The van der Waals surface area contributed by atoms with E-state index in [9.17, 15) is 0 Å². The van der Waals surface area contributed by atoms with Crippen molar-refractivity contribution >= 4 is 0 Å². The van der Waals surface area contributed by atoms with E-state index >= 15 is 4.39 Å². The van der Waals surface area contributed by atoms with Crippen LogP contribution in [0.5, 0.6) is 0 Å². The molecule has 0 amide bonds. The number of nitrogens with zero attached hydrogens (tertiary/aromatic N) is 2. The van der Waals surface area contributed by atoms with Gasteiger partial charge >= 0.3 is 0 Å². The molecule has 2 fully saturated rings. The lowest BCUT2D eigenvalue weighted by Crippen LogP contribution is -2.44. The van der Waals surface area contributed by atoms with Gasteiger partial charge in [0.25, 0.3) is 0 Å². The fourth-order valence-electron chi connectivity index (χ4n) is 5.23. The minimum atomic E-state index is -0.404. The lowest BCUT2D eigenvalue weighted by Gasteiger charge is -2.37. The second kappa shape index (κ2) is 9.60. The molecule has 0 aliphatic carbocycles. The first-order valence-corrected chi connectivity index (χ1v) is 12.0. The van der Waals surface area contributed by atoms with E-state index in [-0.39, 0.29) is 12.0 Å². The van der Waals surface area contributed by atoms with Crippen molar-refractivity contribution in [1.82, 2.24) is 9.80 Å². The summed E-state index contributed by atoms with van der Waals surface area (Å²) >= 11 is 0. The first kappa shape index (κ1) is 23.4. The molecule has 2 aromatic rings. The molecule has 4 nitrogen and oxygen atoms in total. The monoisotopic (exact) mass is 439 g/mol. The number of hydrogen-bond acceptors (Lipinski definition) is 4. The van der Waals surface area contributed by atoms with Crippen molar-refractivity contribution in [2.24, 2.45) is 11.7 Å². The van der Waals surface area contributed by atoms with Crippen molar-refractivity contribution in [1.29, 1.82) is 0 Å². The second-order valence-electron chi connectivity index (χ2n) is 9.89. The molecule has 0 bridgehead atoms. The summed E-state index contributed by atoms with van der Waals surface area (Å²) in [5.41, 5.74) is 13.8. The number of aryl methyl sites for hydroxylation is 3. The Morgan fingerprint density at radius 1 is 1.06 bits per heavy atom. The Morgan fingerprint density at radius 2 is 1.72 bits per heavy atom. The van der Waals surface area contributed by atoms with Gasteiger partial charge in [-0.1, -0.05) is 19.1 Å².